The summed E-state index contributed by atoms with van der Waals surface area (Å²) in [5, 5.41) is 0. The van der Waals surface area contributed by atoms with Crippen LogP contribution >= 0.6 is 0 Å². The Hall–Kier alpha value is 0. The average molecular weight is 347 g/mol. The summed E-state index contributed by atoms with van der Waals surface area (Å²) in [5.74, 6) is 0. The van der Waals surface area contributed by atoms with E-state index in [2.05, 4.69) is 69.2 Å². The third-order valence-electron chi connectivity index (χ3n) is 0.500. The molecule has 0 heteroatoms. The van der Waals surface area contributed by atoms with Crippen molar-refractivity contribution in [2.24, 2.45) is 0 Å². The van der Waals surface area contributed by atoms with E-state index in [1.54, 1.807) is 0 Å². The smallest absolute Gasteiger partial charge is 0.0564 e. The van der Waals surface area contributed by atoms with E-state index in [4.69, 9.17) is 0 Å². The molecule has 0 radical (unpaired) electrons. The molecule has 0 N–H and O–H groups in total. The van der Waals surface area contributed by atoms with Crippen LogP contribution in [0.4, 0.5) is 0 Å². The van der Waals surface area contributed by atoms with E-state index in [9.17, 15) is 0 Å². The summed E-state index contributed by atoms with van der Waals surface area (Å²) in [4.78, 5) is 0. The lowest BCUT2D eigenvalue weighted by Crippen LogP contribution is -1.47. The Labute approximate surface area is 160 Å². The van der Waals surface area contributed by atoms with Crippen LogP contribution in [0, 0.1) is 0 Å². The number of hydrogen-bond donors (Lipinski definition) is 0. The minimum absolute atomic E-state index is 0. The second kappa shape index (κ2) is 270. The van der Waals surface area contributed by atoms with Crippen LogP contribution in [-0.2, 0) is 0 Å². The lowest BCUT2D eigenvalue weighted by atomic mass is 10.4. The van der Waals surface area contributed by atoms with Crippen molar-refractivity contribution in [1.82, 2.24) is 0 Å². The average Bonchev–Trinajstić information content (AvgIpc) is 2.22. The molecular formula is C23H70. The van der Waals surface area contributed by atoms with Crippen molar-refractivity contribution in [1.29, 1.82) is 0 Å². The lowest BCUT2D eigenvalue weighted by molar-refractivity contribution is 0.886. The standard InChI is InChI=1S/C4H10.4C3H8.7CH4/c1-3-4-2;4*1-3-2;;;;;;;/h3-4H2,1-2H3;4*3H2,1-2H3;7*1H4. The van der Waals surface area contributed by atoms with Gasteiger partial charge in [0, 0.05) is 0 Å². The van der Waals surface area contributed by atoms with Crippen LogP contribution in [0.3, 0.4) is 0 Å². The monoisotopic (exact) mass is 347 g/mol. The van der Waals surface area contributed by atoms with Crippen molar-refractivity contribution in [2.75, 3.05) is 0 Å². The summed E-state index contributed by atoms with van der Waals surface area (Å²) >= 11 is 0. The molecule has 0 heterocycles. The van der Waals surface area contributed by atoms with Crippen LogP contribution in [0.2, 0.25) is 0 Å². The minimum Gasteiger partial charge on any atom is -0.0776 e. The first-order valence-corrected chi connectivity index (χ1v) is 7.57. The van der Waals surface area contributed by atoms with Gasteiger partial charge in [-0.25, -0.2) is 0 Å². The Morgan fingerprint density at radius 1 is 0.261 bits per heavy atom. The molecule has 0 unspecified atom stereocenters. The van der Waals surface area contributed by atoms with Gasteiger partial charge in [-0.1, -0.05) is 160 Å². The molecule has 0 aliphatic rings. The molecule has 0 nitrogen and oxygen atoms in total. The van der Waals surface area contributed by atoms with Crippen molar-refractivity contribution in [3.8, 4) is 0 Å². The molecule has 0 aromatic carbocycles. The maximum absolute atomic E-state index is 2.18. The predicted octanol–water partition coefficient (Wildman–Crippen LogP) is 11.9. The van der Waals surface area contributed by atoms with Crippen molar-refractivity contribution in [3.05, 3.63) is 0 Å². The first kappa shape index (κ1) is 92.0. The van der Waals surface area contributed by atoms with Crippen molar-refractivity contribution in [2.45, 2.75) is 160 Å². The van der Waals surface area contributed by atoms with Crippen LogP contribution < -0.4 is 0 Å². The van der Waals surface area contributed by atoms with E-state index in [0.29, 0.717) is 0 Å². The van der Waals surface area contributed by atoms with Gasteiger partial charge in [0.1, 0.15) is 0 Å². The molecular weight excluding hydrogens is 276 g/mol. The van der Waals surface area contributed by atoms with E-state index >= 15 is 0 Å². The van der Waals surface area contributed by atoms with Crippen molar-refractivity contribution >= 4 is 0 Å². The highest BCUT2D eigenvalue weighted by Gasteiger charge is 1.56. The molecule has 0 aromatic rings. The number of unbranched alkanes of at least 4 members (excludes halogenated alkanes) is 1. The second-order valence-electron chi connectivity index (χ2n) is 3.83. The summed E-state index contributed by atoms with van der Waals surface area (Å²) in [6, 6.07) is 0. The molecule has 162 valence electrons. The highest BCUT2D eigenvalue weighted by atomic mass is 13.6. The van der Waals surface area contributed by atoms with Crippen LogP contribution in [-0.4, -0.2) is 0 Å². The zero-order valence-electron chi connectivity index (χ0n) is 14.2. The molecule has 0 aliphatic carbocycles. The van der Waals surface area contributed by atoms with Crippen LogP contribution in [0.15, 0.2) is 0 Å². The van der Waals surface area contributed by atoms with E-state index < -0.39 is 0 Å². The van der Waals surface area contributed by atoms with E-state index in [1.807, 2.05) is 0 Å². The van der Waals surface area contributed by atoms with E-state index in [1.165, 1.54) is 38.5 Å². The lowest BCUT2D eigenvalue weighted by Gasteiger charge is -1.68. The largest absolute Gasteiger partial charge is 0.0776 e. The maximum atomic E-state index is 2.18. The highest BCUT2D eigenvalue weighted by Crippen LogP contribution is 1.76. The number of rotatable bonds is 1. The zero-order valence-corrected chi connectivity index (χ0v) is 14.2. The van der Waals surface area contributed by atoms with Crippen LogP contribution in [0.5, 0.6) is 0 Å². The van der Waals surface area contributed by atoms with Gasteiger partial charge in [-0.15, -0.1) is 0 Å². The molecule has 0 saturated heterocycles. The molecule has 0 rings (SSSR count). The SMILES string of the molecule is C.C.C.C.C.C.C.CCC.CCC.CCC.CCC.CCCC. The maximum Gasteiger partial charge on any atom is -0.0564 e. The van der Waals surface area contributed by atoms with Gasteiger partial charge in [0.2, 0.25) is 0 Å². The third kappa shape index (κ3) is 8800. The van der Waals surface area contributed by atoms with Gasteiger partial charge in [0.25, 0.3) is 0 Å². The molecule has 0 bridgehead atoms. The van der Waals surface area contributed by atoms with Gasteiger partial charge < -0.3 is 0 Å². The van der Waals surface area contributed by atoms with Gasteiger partial charge in [0.05, 0.1) is 0 Å². The van der Waals surface area contributed by atoms with Crippen LogP contribution in [0.1, 0.15) is 160 Å². The van der Waals surface area contributed by atoms with Crippen LogP contribution in [0.25, 0.3) is 0 Å². The first-order chi connectivity index (χ1) is 7.57. The van der Waals surface area contributed by atoms with E-state index in [0.717, 1.165) is 0 Å². The molecule has 0 atom stereocenters. The van der Waals surface area contributed by atoms with Gasteiger partial charge in [-0.3, -0.25) is 0 Å². The summed E-state index contributed by atoms with van der Waals surface area (Å²) in [7, 11) is 0. The Kier molecular flexibility index (Phi) is 1080. The Morgan fingerprint density at radius 2 is 0.304 bits per heavy atom. The molecule has 0 saturated carbocycles. The molecule has 0 aliphatic heterocycles. The van der Waals surface area contributed by atoms with Crippen molar-refractivity contribution in [3.63, 3.8) is 0 Å². The molecule has 0 spiro atoms. The highest BCUT2D eigenvalue weighted by molar-refractivity contribution is 4.12. The third-order valence-corrected chi connectivity index (χ3v) is 0.500. The summed E-state index contributed by atoms with van der Waals surface area (Å²) in [5.41, 5.74) is 0. The van der Waals surface area contributed by atoms with E-state index in [-0.39, 0.29) is 52.0 Å². The predicted molar refractivity (Wildman–Crippen MR) is 132 cm³/mol. The summed E-state index contributed by atoms with van der Waals surface area (Å²) in [6.07, 6.45) is 7.64. The first-order valence-electron chi connectivity index (χ1n) is 7.57. The Bertz CT molecular complexity index is 21.0. The fourth-order valence-electron chi connectivity index (χ4n) is 0. The normalized spacial score (nSPS) is 4.43. The van der Waals surface area contributed by atoms with Crippen molar-refractivity contribution < 1.29 is 0 Å². The quantitative estimate of drug-likeness (QED) is 0.442. The van der Waals surface area contributed by atoms with Gasteiger partial charge in [0.15, 0.2) is 0 Å². The molecule has 0 fully saturated rings. The number of hydrogen-bond acceptors (Lipinski definition) is 0. The molecule has 0 amide bonds. The van der Waals surface area contributed by atoms with Gasteiger partial charge in [-0.05, 0) is 0 Å². The summed E-state index contributed by atoms with van der Waals surface area (Å²) < 4.78 is 0. The Morgan fingerprint density at radius 3 is 0.304 bits per heavy atom. The molecule has 0 aromatic heterocycles. The fraction of sp³-hybridized carbons (Fsp3) is 1.00. The topological polar surface area (TPSA) is 0 Å². The van der Waals surface area contributed by atoms with Gasteiger partial charge in [-0.2, -0.15) is 0 Å². The second-order valence-corrected chi connectivity index (χ2v) is 3.83. The molecule has 23 heavy (non-hydrogen) atoms. The zero-order chi connectivity index (χ0) is 14.2. The Balaban J connectivity index is -0.00000000614. The summed E-state index contributed by atoms with van der Waals surface area (Å²) in [6.45, 7) is 21.4. The van der Waals surface area contributed by atoms with Gasteiger partial charge >= 0.3 is 0 Å². The fourth-order valence-corrected chi connectivity index (χ4v) is 0. The minimum atomic E-state index is 0.